The lowest BCUT2D eigenvalue weighted by molar-refractivity contribution is 0.482. The molecule has 3 aliphatic rings. The number of thioether (sulfide) groups is 1. The van der Waals surface area contributed by atoms with Crippen molar-refractivity contribution in [2.24, 2.45) is 16.8 Å². The quantitative estimate of drug-likeness (QED) is 0.817. The number of aliphatic imine (C=N–C) groups is 1. The first-order valence-electron chi connectivity index (χ1n) is 6.73. The number of rotatable bonds is 3. The molecule has 2 fully saturated rings. The van der Waals surface area contributed by atoms with Gasteiger partial charge >= 0.3 is 0 Å². The first-order chi connectivity index (χ1) is 7.72. The highest BCUT2D eigenvalue weighted by atomic mass is 32.2. The van der Waals surface area contributed by atoms with Crippen LogP contribution in [-0.4, -0.2) is 22.5 Å². The van der Waals surface area contributed by atoms with Gasteiger partial charge in [0, 0.05) is 11.3 Å². The Labute approximate surface area is 103 Å². The summed E-state index contributed by atoms with van der Waals surface area (Å²) in [4.78, 5) is 4.76. The summed E-state index contributed by atoms with van der Waals surface area (Å²) < 4.78 is 0. The molecule has 2 atom stereocenters. The number of hydrogen-bond donors (Lipinski definition) is 1. The second kappa shape index (κ2) is 4.25. The molecule has 90 valence electrons. The van der Waals surface area contributed by atoms with E-state index in [9.17, 15) is 0 Å². The lowest BCUT2D eigenvalue weighted by atomic mass is 10.1. The van der Waals surface area contributed by atoms with Crippen LogP contribution in [0.3, 0.4) is 0 Å². The standard InChI is InChI=1S/C13H22N2S/c1-8-7-9(2)16-13(14-8)15-12(10-3-4-10)11-5-6-11/h8-12H,3-7H2,1-2H3,(H,14,15). The van der Waals surface area contributed by atoms with Crippen LogP contribution >= 0.6 is 11.8 Å². The second-order valence-corrected chi connectivity index (χ2v) is 7.22. The van der Waals surface area contributed by atoms with Gasteiger partial charge in [-0.05, 0) is 50.9 Å². The van der Waals surface area contributed by atoms with Gasteiger partial charge in [-0.3, -0.25) is 4.99 Å². The average Bonchev–Trinajstić information content (AvgIpc) is 3.07. The SMILES string of the molecule is CC1CC(C)SC(NC(C2CC2)C2CC2)=N1. The lowest BCUT2D eigenvalue weighted by Gasteiger charge is -2.27. The van der Waals surface area contributed by atoms with Crippen LogP contribution in [0, 0.1) is 11.8 Å². The maximum Gasteiger partial charge on any atom is 0.157 e. The van der Waals surface area contributed by atoms with Crippen LogP contribution in [0.5, 0.6) is 0 Å². The second-order valence-electron chi connectivity index (χ2n) is 5.79. The summed E-state index contributed by atoms with van der Waals surface area (Å²) in [5, 5.41) is 5.72. The molecule has 2 unspecified atom stereocenters. The predicted molar refractivity (Wildman–Crippen MR) is 70.9 cm³/mol. The fourth-order valence-corrected chi connectivity index (χ4v) is 3.95. The molecular weight excluding hydrogens is 216 g/mol. The molecule has 0 saturated heterocycles. The van der Waals surface area contributed by atoms with Gasteiger partial charge in [0.05, 0.1) is 6.04 Å². The molecule has 2 aliphatic carbocycles. The van der Waals surface area contributed by atoms with Crippen LogP contribution in [0.15, 0.2) is 4.99 Å². The molecule has 0 aromatic rings. The van der Waals surface area contributed by atoms with Gasteiger partial charge in [0.25, 0.3) is 0 Å². The van der Waals surface area contributed by atoms with Crippen LogP contribution in [0.25, 0.3) is 0 Å². The summed E-state index contributed by atoms with van der Waals surface area (Å²) >= 11 is 1.95. The van der Waals surface area contributed by atoms with Crippen molar-refractivity contribution in [3.05, 3.63) is 0 Å². The number of nitrogens with one attached hydrogen (secondary N) is 1. The lowest BCUT2D eigenvalue weighted by Crippen LogP contribution is -2.39. The Morgan fingerprint density at radius 3 is 2.31 bits per heavy atom. The maximum atomic E-state index is 4.76. The van der Waals surface area contributed by atoms with Gasteiger partial charge in [-0.2, -0.15) is 0 Å². The molecular formula is C13H22N2S. The van der Waals surface area contributed by atoms with Crippen molar-refractivity contribution in [2.45, 2.75) is 63.3 Å². The molecule has 1 N–H and O–H groups in total. The minimum absolute atomic E-state index is 0.512. The van der Waals surface area contributed by atoms with Crippen LogP contribution in [-0.2, 0) is 0 Å². The molecule has 1 heterocycles. The Bertz CT molecular complexity index is 282. The molecule has 2 saturated carbocycles. The predicted octanol–water partition coefficient (Wildman–Crippen LogP) is 3.03. The fourth-order valence-electron chi connectivity index (χ4n) is 2.75. The third-order valence-corrected chi connectivity index (χ3v) is 4.91. The average molecular weight is 238 g/mol. The Morgan fingerprint density at radius 2 is 1.81 bits per heavy atom. The highest BCUT2D eigenvalue weighted by Gasteiger charge is 2.42. The van der Waals surface area contributed by atoms with E-state index in [1.165, 1.54) is 37.3 Å². The van der Waals surface area contributed by atoms with Gasteiger partial charge in [-0.15, -0.1) is 0 Å². The van der Waals surface area contributed by atoms with Crippen LogP contribution in [0.1, 0.15) is 46.0 Å². The Kier molecular flexibility index (Phi) is 2.90. The monoisotopic (exact) mass is 238 g/mol. The maximum absolute atomic E-state index is 4.76. The Balaban J connectivity index is 1.63. The topological polar surface area (TPSA) is 24.4 Å². The molecule has 0 bridgehead atoms. The summed E-state index contributed by atoms with van der Waals surface area (Å²) in [6.07, 6.45) is 7.00. The van der Waals surface area contributed by atoms with E-state index in [1.54, 1.807) is 0 Å². The minimum atomic E-state index is 0.512. The summed E-state index contributed by atoms with van der Waals surface area (Å²) in [5.41, 5.74) is 0. The molecule has 0 aromatic carbocycles. The van der Waals surface area contributed by atoms with E-state index in [2.05, 4.69) is 19.2 Å². The molecule has 0 spiro atoms. The van der Waals surface area contributed by atoms with E-state index in [4.69, 9.17) is 4.99 Å². The number of hydrogen-bond acceptors (Lipinski definition) is 3. The first-order valence-corrected chi connectivity index (χ1v) is 7.61. The first kappa shape index (κ1) is 10.9. The van der Waals surface area contributed by atoms with Gasteiger partial charge < -0.3 is 5.32 Å². The van der Waals surface area contributed by atoms with Crippen LogP contribution in [0.4, 0.5) is 0 Å². The number of nitrogens with zero attached hydrogens (tertiary/aromatic N) is 1. The molecule has 0 aromatic heterocycles. The summed E-state index contributed by atoms with van der Waals surface area (Å²) in [6, 6.07) is 1.27. The van der Waals surface area contributed by atoms with Gasteiger partial charge in [-0.25, -0.2) is 0 Å². The fraction of sp³-hybridized carbons (Fsp3) is 0.923. The van der Waals surface area contributed by atoms with E-state index in [-0.39, 0.29) is 0 Å². The van der Waals surface area contributed by atoms with E-state index in [0.29, 0.717) is 6.04 Å². The third-order valence-electron chi connectivity index (χ3n) is 3.87. The van der Waals surface area contributed by atoms with Gasteiger partial charge in [-0.1, -0.05) is 18.7 Å². The summed E-state index contributed by atoms with van der Waals surface area (Å²) in [6.45, 7) is 4.56. The van der Waals surface area contributed by atoms with Gasteiger partial charge in [0.2, 0.25) is 0 Å². The molecule has 2 nitrogen and oxygen atoms in total. The molecule has 0 amide bonds. The van der Waals surface area contributed by atoms with Crippen molar-refractivity contribution in [1.82, 2.24) is 5.32 Å². The molecule has 1 aliphatic heterocycles. The van der Waals surface area contributed by atoms with Crippen molar-refractivity contribution in [1.29, 1.82) is 0 Å². The third kappa shape index (κ3) is 2.55. The van der Waals surface area contributed by atoms with Crippen molar-refractivity contribution < 1.29 is 0 Å². The van der Waals surface area contributed by atoms with E-state index < -0.39 is 0 Å². The van der Waals surface area contributed by atoms with Crippen LogP contribution < -0.4 is 5.32 Å². The van der Waals surface area contributed by atoms with E-state index in [1.807, 2.05) is 11.8 Å². The zero-order valence-electron chi connectivity index (χ0n) is 10.3. The normalized spacial score (nSPS) is 35.1. The largest absolute Gasteiger partial charge is 0.362 e. The smallest absolute Gasteiger partial charge is 0.157 e. The van der Waals surface area contributed by atoms with Crippen molar-refractivity contribution >= 4 is 16.9 Å². The highest BCUT2D eigenvalue weighted by molar-refractivity contribution is 8.14. The highest BCUT2D eigenvalue weighted by Crippen LogP contribution is 2.45. The summed E-state index contributed by atoms with van der Waals surface area (Å²) in [7, 11) is 0. The molecule has 16 heavy (non-hydrogen) atoms. The van der Waals surface area contributed by atoms with E-state index >= 15 is 0 Å². The van der Waals surface area contributed by atoms with Crippen molar-refractivity contribution in [3.8, 4) is 0 Å². The zero-order chi connectivity index (χ0) is 11.1. The van der Waals surface area contributed by atoms with Crippen LogP contribution in [0.2, 0.25) is 0 Å². The Hall–Kier alpha value is -0.180. The van der Waals surface area contributed by atoms with E-state index in [0.717, 1.165) is 23.1 Å². The van der Waals surface area contributed by atoms with Crippen molar-refractivity contribution in [3.63, 3.8) is 0 Å². The summed E-state index contributed by atoms with van der Waals surface area (Å²) in [5.74, 6) is 1.92. The van der Waals surface area contributed by atoms with Crippen molar-refractivity contribution in [2.75, 3.05) is 0 Å². The molecule has 0 radical (unpaired) electrons. The Morgan fingerprint density at radius 1 is 1.19 bits per heavy atom. The number of amidine groups is 1. The molecule has 3 heteroatoms. The van der Waals surface area contributed by atoms with Gasteiger partial charge in [0.15, 0.2) is 5.17 Å². The zero-order valence-corrected chi connectivity index (χ0v) is 11.1. The minimum Gasteiger partial charge on any atom is -0.362 e. The molecule has 3 rings (SSSR count). The van der Waals surface area contributed by atoms with Gasteiger partial charge in [0.1, 0.15) is 0 Å².